The molecule has 0 saturated carbocycles. The molecule has 0 aliphatic heterocycles. The molecule has 0 N–H and O–H groups in total. The SMILES string of the molecule is COc1cc(F)c(Br)cc1C(Br)Cc1cccc(F)c1. The van der Waals surface area contributed by atoms with Crippen LogP contribution in [0.5, 0.6) is 5.75 Å². The summed E-state index contributed by atoms with van der Waals surface area (Å²) in [6, 6.07) is 9.41. The molecule has 5 heteroatoms. The highest BCUT2D eigenvalue weighted by molar-refractivity contribution is 9.10. The van der Waals surface area contributed by atoms with E-state index < -0.39 is 0 Å². The molecular weight excluding hydrogens is 394 g/mol. The van der Waals surface area contributed by atoms with Crippen molar-refractivity contribution in [3.8, 4) is 5.75 Å². The average molecular weight is 406 g/mol. The molecule has 1 atom stereocenters. The van der Waals surface area contributed by atoms with Gasteiger partial charge in [-0.25, -0.2) is 8.78 Å². The third kappa shape index (κ3) is 3.58. The minimum absolute atomic E-state index is 0.101. The van der Waals surface area contributed by atoms with Crippen LogP contribution in [0.3, 0.4) is 0 Å². The maximum Gasteiger partial charge on any atom is 0.141 e. The predicted molar refractivity (Wildman–Crippen MR) is 82.4 cm³/mol. The van der Waals surface area contributed by atoms with Crippen LogP contribution in [0.25, 0.3) is 0 Å². The molecule has 0 saturated heterocycles. The largest absolute Gasteiger partial charge is 0.496 e. The zero-order valence-electron chi connectivity index (χ0n) is 10.7. The molecule has 0 spiro atoms. The van der Waals surface area contributed by atoms with Crippen LogP contribution in [0.4, 0.5) is 8.78 Å². The lowest BCUT2D eigenvalue weighted by molar-refractivity contribution is 0.405. The predicted octanol–water partition coefficient (Wildman–Crippen LogP) is 5.41. The fourth-order valence-electron chi connectivity index (χ4n) is 1.95. The minimum atomic E-state index is -0.379. The second-order valence-corrected chi connectivity index (χ2v) is 6.27. The van der Waals surface area contributed by atoms with Crippen LogP contribution in [0, 0.1) is 11.6 Å². The summed E-state index contributed by atoms with van der Waals surface area (Å²) in [7, 11) is 1.49. The first-order valence-corrected chi connectivity index (χ1v) is 7.63. The second kappa shape index (κ2) is 6.68. The molecule has 0 bridgehead atoms. The van der Waals surface area contributed by atoms with Crippen molar-refractivity contribution in [2.45, 2.75) is 11.2 Å². The number of hydrogen-bond donors (Lipinski definition) is 0. The summed E-state index contributed by atoms with van der Waals surface area (Å²) in [5, 5.41) is 0. The maximum atomic E-state index is 13.5. The number of benzene rings is 2. The van der Waals surface area contributed by atoms with E-state index in [0.717, 1.165) is 11.1 Å². The quantitative estimate of drug-likeness (QED) is 0.617. The van der Waals surface area contributed by atoms with Gasteiger partial charge in [-0.15, -0.1) is 0 Å². The highest BCUT2D eigenvalue weighted by Gasteiger charge is 2.17. The van der Waals surface area contributed by atoms with Crippen LogP contribution in [0.1, 0.15) is 16.0 Å². The summed E-state index contributed by atoms with van der Waals surface area (Å²) >= 11 is 6.72. The summed E-state index contributed by atoms with van der Waals surface area (Å²) in [6.07, 6.45) is 0.576. The molecule has 0 heterocycles. The smallest absolute Gasteiger partial charge is 0.141 e. The van der Waals surface area contributed by atoms with Crippen LogP contribution in [-0.4, -0.2) is 7.11 Å². The Morgan fingerprint density at radius 3 is 2.60 bits per heavy atom. The topological polar surface area (TPSA) is 9.23 Å². The fourth-order valence-corrected chi connectivity index (χ4v) is 3.04. The van der Waals surface area contributed by atoms with Crippen LogP contribution in [0.2, 0.25) is 0 Å². The van der Waals surface area contributed by atoms with Crippen molar-refractivity contribution in [2.24, 2.45) is 0 Å². The number of rotatable bonds is 4. The van der Waals surface area contributed by atoms with E-state index in [-0.39, 0.29) is 16.5 Å². The second-order valence-electron chi connectivity index (χ2n) is 4.31. The van der Waals surface area contributed by atoms with E-state index in [1.165, 1.54) is 25.3 Å². The average Bonchev–Trinajstić information content (AvgIpc) is 2.41. The summed E-state index contributed by atoms with van der Waals surface area (Å²) in [5.41, 5.74) is 1.67. The van der Waals surface area contributed by atoms with Gasteiger partial charge < -0.3 is 4.74 Å². The Labute approximate surface area is 133 Å². The van der Waals surface area contributed by atoms with Crippen LogP contribution in [0.15, 0.2) is 40.9 Å². The normalized spacial score (nSPS) is 12.2. The highest BCUT2D eigenvalue weighted by Crippen LogP contribution is 2.37. The minimum Gasteiger partial charge on any atom is -0.496 e. The molecule has 2 aromatic carbocycles. The zero-order valence-corrected chi connectivity index (χ0v) is 13.8. The van der Waals surface area contributed by atoms with E-state index >= 15 is 0 Å². The first-order chi connectivity index (χ1) is 9.51. The molecule has 0 aliphatic carbocycles. The number of halogens is 4. The Morgan fingerprint density at radius 1 is 1.20 bits per heavy atom. The Kier molecular flexibility index (Phi) is 5.16. The number of hydrogen-bond acceptors (Lipinski definition) is 1. The molecule has 2 aromatic rings. The van der Waals surface area contributed by atoms with Gasteiger partial charge in [0.15, 0.2) is 0 Å². The van der Waals surface area contributed by atoms with Crippen molar-refractivity contribution < 1.29 is 13.5 Å². The van der Waals surface area contributed by atoms with E-state index in [1.54, 1.807) is 12.1 Å². The van der Waals surface area contributed by atoms with Crippen molar-refractivity contribution in [2.75, 3.05) is 7.11 Å². The Balaban J connectivity index is 2.29. The summed E-state index contributed by atoms with van der Waals surface area (Å²) in [5.74, 6) is -0.186. The van der Waals surface area contributed by atoms with Gasteiger partial charge in [0.05, 0.1) is 11.6 Å². The molecule has 0 radical (unpaired) electrons. The zero-order chi connectivity index (χ0) is 14.7. The third-order valence-corrected chi connectivity index (χ3v) is 4.34. The summed E-state index contributed by atoms with van der Waals surface area (Å²) in [6.45, 7) is 0. The van der Waals surface area contributed by atoms with Crippen molar-refractivity contribution in [1.82, 2.24) is 0 Å². The number of ether oxygens (including phenoxy) is 1. The van der Waals surface area contributed by atoms with Gasteiger partial charge in [0.2, 0.25) is 0 Å². The standard InChI is InChI=1S/C15H12Br2F2O/c1-20-15-8-14(19)13(17)7-11(15)12(16)6-9-3-2-4-10(18)5-9/h2-5,7-8,12H,6H2,1H3. The van der Waals surface area contributed by atoms with Gasteiger partial charge in [-0.3, -0.25) is 0 Å². The van der Waals surface area contributed by atoms with Gasteiger partial charge in [0, 0.05) is 16.5 Å². The van der Waals surface area contributed by atoms with Gasteiger partial charge in [0.1, 0.15) is 17.4 Å². The fraction of sp³-hybridized carbons (Fsp3) is 0.200. The molecule has 0 aliphatic rings. The van der Waals surface area contributed by atoms with Gasteiger partial charge in [-0.05, 0) is 46.1 Å². The molecular formula is C15H12Br2F2O. The van der Waals surface area contributed by atoms with Crippen molar-refractivity contribution in [3.05, 3.63) is 63.6 Å². The maximum absolute atomic E-state index is 13.5. The molecule has 0 fully saturated rings. The molecule has 106 valence electrons. The van der Waals surface area contributed by atoms with Gasteiger partial charge >= 0.3 is 0 Å². The van der Waals surface area contributed by atoms with E-state index in [1.807, 2.05) is 6.07 Å². The first-order valence-electron chi connectivity index (χ1n) is 5.92. The van der Waals surface area contributed by atoms with Crippen molar-refractivity contribution in [3.63, 3.8) is 0 Å². The van der Waals surface area contributed by atoms with Gasteiger partial charge in [-0.2, -0.15) is 0 Å². The molecule has 2 rings (SSSR count). The number of methoxy groups -OCH3 is 1. The van der Waals surface area contributed by atoms with Gasteiger partial charge in [-0.1, -0.05) is 28.1 Å². The molecule has 1 unspecified atom stereocenters. The van der Waals surface area contributed by atoms with E-state index in [0.29, 0.717) is 16.6 Å². The summed E-state index contributed by atoms with van der Waals surface area (Å²) in [4.78, 5) is -0.101. The Morgan fingerprint density at radius 2 is 1.95 bits per heavy atom. The lowest BCUT2D eigenvalue weighted by Gasteiger charge is -2.15. The molecule has 0 aromatic heterocycles. The number of alkyl halides is 1. The van der Waals surface area contributed by atoms with Crippen molar-refractivity contribution in [1.29, 1.82) is 0 Å². The monoisotopic (exact) mass is 404 g/mol. The molecule has 0 amide bonds. The van der Waals surface area contributed by atoms with E-state index in [2.05, 4.69) is 31.9 Å². The van der Waals surface area contributed by atoms with Crippen LogP contribution >= 0.6 is 31.9 Å². The lowest BCUT2D eigenvalue weighted by atomic mass is 10.0. The van der Waals surface area contributed by atoms with Gasteiger partial charge in [0.25, 0.3) is 0 Å². The molecule has 20 heavy (non-hydrogen) atoms. The summed E-state index contributed by atoms with van der Waals surface area (Å²) < 4.78 is 32.3. The van der Waals surface area contributed by atoms with Crippen LogP contribution in [-0.2, 0) is 6.42 Å². The Bertz CT molecular complexity index is 617. The first kappa shape index (κ1) is 15.4. The highest BCUT2D eigenvalue weighted by atomic mass is 79.9. The van der Waals surface area contributed by atoms with E-state index in [4.69, 9.17) is 4.74 Å². The van der Waals surface area contributed by atoms with E-state index in [9.17, 15) is 8.78 Å². The Hall–Kier alpha value is -0.940. The lowest BCUT2D eigenvalue weighted by Crippen LogP contribution is -2.00. The third-order valence-electron chi connectivity index (χ3n) is 2.91. The molecule has 1 nitrogen and oxygen atoms in total. The van der Waals surface area contributed by atoms with Crippen molar-refractivity contribution >= 4 is 31.9 Å². The van der Waals surface area contributed by atoms with Crippen LogP contribution < -0.4 is 4.74 Å².